The average molecular weight is 370 g/mol. The Morgan fingerprint density at radius 3 is 2.58 bits per heavy atom. The van der Waals surface area contributed by atoms with Crippen LogP contribution in [0.25, 0.3) is 10.8 Å². The van der Waals surface area contributed by atoms with Crippen LogP contribution in [0.5, 0.6) is 0 Å². The number of fused-ring (bicyclic) bond motifs is 1. The molecule has 2 aromatic rings. The van der Waals surface area contributed by atoms with Gasteiger partial charge in [0.15, 0.2) is 0 Å². The van der Waals surface area contributed by atoms with E-state index >= 15 is 0 Å². The monoisotopic (exact) mass is 369 g/mol. The van der Waals surface area contributed by atoms with Gasteiger partial charge in [0.2, 0.25) is 0 Å². The van der Waals surface area contributed by atoms with Gasteiger partial charge in [-0.3, -0.25) is 9.78 Å². The zero-order chi connectivity index (χ0) is 15.4. The summed E-state index contributed by atoms with van der Waals surface area (Å²) in [5.41, 5.74) is 6.40. The van der Waals surface area contributed by atoms with Crippen LogP contribution >= 0.6 is 24.8 Å². The van der Waals surface area contributed by atoms with Crippen molar-refractivity contribution in [1.29, 1.82) is 0 Å². The molecule has 1 unspecified atom stereocenters. The lowest BCUT2D eigenvalue weighted by atomic mass is 9.84. The van der Waals surface area contributed by atoms with Crippen molar-refractivity contribution in [3.63, 3.8) is 0 Å². The van der Waals surface area contributed by atoms with Crippen LogP contribution in [-0.4, -0.2) is 23.5 Å². The molecule has 0 aliphatic heterocycles. The Hall–Kier alpha value is -1.36. The van der Waals surface area contributed by atoms with E-state index < -0.39 is 0 Å². The zero-order valence-electron chi connectivity index (χ0n) is 13.6. The number of hydrogen-bond donors (Lipinski definition) is 2. The summed E-state index contributed by atoms with van der Waals surface area (Å²) in [6.07, 6.45) is 7.78. The normalized spacial score (nSPS) is 15.9. The first-order valence-corrected chi connectivity index (χ1v) is 8.14. The summed E-state index contributed by atoms with van der Waals surface area (Å²) >= 11 is 0. The van der Waals surface area contributed by atoms with Crippen LogP contribution in [0, 0.1) is 5.92 Å². The Balaban J connectivity index is 0.00000144. The number of benzene rings is 1. The van der Waals surface area contributed by atoms with Crippen LogP contribution in [0.3, 0.4) is 0 Å². The molecule has 0 radical (unpaired) electrons. The highest BCUT2D eigenvalue weighted by Crippen LogP contribution is 2.26. The maximum atomic E-state index is 12.6. The molecule has 0 saturated heterocycles. The van der Waals surface area contributed by atoms with Crippen LogP contribution in [-0.2, 0) is 0 Å². The number of nitrogens with one attached hydrogen (secondary N) is 1. The summed E-state index contributed by atoms with van der Waals surface area (Å²) in [4.78, 5) is 16.9. The van der Waals surface area contributed by atoms with Gasteiger partial charge >= 0.3 is 0 Å². The number of amides is 1. The van der Waals surface area contributed by atoms with E-state index in [1.165, 1.54) is 19.3 Å². The molecule has 1 aliphatic carbocycles. The molecule has 1 fully saturated rings. The Labute approximate surface area is 155 Å². The topological polar surface area (TPSA) is 68.0 Å². The largest absolute Gasteiger partial charge is 0.346 e. The SMILES string of the molecule is Cl.Cl.NCC(NC(=O)c1nccc2ccccc12)C1CCCCC1. The smallest absolute Gasteiger partial charge is 0.270 e. The third-order valence-electron chi connectivity index (χ3n) is 4.68. The van der Waals surface area contributed by atoms with Crippen molar-refractivity contribution in [2.75, 3.05) is 6.54 Å². The Morgan fingerprint density at radius 1 is 1.17 bits per heavy atom. The molecule has 1 heterocycles. The van der Waals surface area contributed by atoms with Crippen molar-refractivity contribution in [3.05, 3.63) is 42.2 Å². The summed E-state index contributed by atoms with van der Waals surface area (Å²) in [5, 5.41) is 5.04. The summed E-state index contributed by atoms with van der Waals surface area (Å²) in [5.74, 6) is 0.385. The molecular weight excluding hydrogens is 345 g/mol. The maximum absolute atomic E-state index is 12.6. The molecule has 3 N–H and O–H groups in total. The van der Waals surface area contributed by atoms with Gasteiger partial charge in [0.25, 0.3) is 5.91 Å². The highest BCUT2D eigenvalue weighted by molar-refractivity contribution is 6.05. The van der Waals surface area contributed by atoms with Gasteiger partial charge in [-0.15, -0.1) is 24.8 Å². The Bertz CT molecular complexity index is 654. The van der Waals surface area contributed by atoms with Crippen LogP contribution in [0.15, 0.2) is 36.5 Å². The molecule has 3 rings (SSSR count). The molecule has 6 heteroatoms. The Kier molecular flexibility index (Phi) is 8.46. The molecule has 1 amide bonds. The number of carbonyl (C=O) groups is 1. The predicted molar refractivity (Wildman–Crippen MR) is 103 cm³/mol. The van der Waals surface area contributed by atoms with E-state index in [-0.39, 0.29) is 36.8 Å². The number of aromatic nitrogens is 1. The number of hydrogen-bond acceptors (Lipinski definition) is 3. The molecule has 1 saturated carbocycles. The Morgan fingerprint density at radius 2 is 1.88 bits per heavy atom. The van der Waals surface area contributed by atoms with Crippen LogP contribution < -0.4 is 11.1 Å². The first-order chi connectivity index (χ1) is 10.8. The minimum atomic E-state index is -0.113. The quantitative estimate of drug-likeness (QED) is 0.862. The third kappa shape index (κ3) is 4.59. The van der Waals surface area contributed by atoms with Gasteiger partial charge in [-0.25, -0.2) is 0 Å². The van der Waals surface area contributed by atoms with Gasteiger partial charge in [-0.05, 0) is 30.2 Å². The lowest BCUT2D eigenvalue weighted by Gasteiger charge is -2.30. The summed E-state index contributed by atoms with van der Waals surface area (Å²) < 4.78 is 0. The molecule has 132 valence electrons. The summed E-state index contributed by atoms with van der Waals surface area (Å²) in [6.45, 7) is 0.487. The van der Waals surface area contributed by atoms with Crippen LogP contribution in [0.4, 0.5) is 0 Å². The second-order valence-corrected chi connectivity index (χ2v) is 6.09. The van der Waals surface area contributed by atoms with E-state index in [0.29, 0.717) is 18.2 Å². The van der Waals surface area contributed by atoms with Crippen molar-refractivity contribution >= 4 is 41.5 Å². The summed E-state index contributed by atoms with van der Waals surface area (Å²) in [6, 6.07) is 9.81. The number of halogens is 2. The van der Waals surface area contributed by atoms with Gasteiger partial charge in [0.05, 0.1) is 0 Å². The van der Waals surface area contributed by atoms with Crippen LogP contribution in [0.1, 0.15) is 42.6 Å². The van der Waals surface area contributed by atoms with E-state index in [9.17, 15) is 4.79 Å². The molecule has 24 heavy (non-hydrogen) atoms. The molecular formula is C18H25Cl2N3O. The van der Waals surface area contributed by atoms with Crippen molar-refractivity contribution in [2.24, 2.45) is 11.7 Å². The molecule has 1 aliphatic rings. The number of nitrogens with zero attached hydrogens (tertiary/aromatic N) is 1. The average Bonchev–Trinajstić information content (AvgIpc) is 2.59. The second kappa shape index (κ2) is 9.82. The van der Waals surface area contributed by atoms with E-state index in [4.69, 9.17) is 5.73 Å². The van der Waals surface area contributed by atoms with E-state index in [1.807, 2.05) is 30.3 Å². The molecule has 1 atom stereocenters. The zero-order valence-corrected chi connectivity index (χ0v) is 15.2. The van der Waals surface area contributed by atoms with E-state index in [2.05, 4.69) is 10.3 Å². The fourth-order valence-corrected chi connectivity index (χ4v) is 3.44. The summed E-state index contributed by atoms with van der Waals surface area (Å²) in [7, 11) is 0. The first-order valence-electron chi connectivity index (χ1n) is 8.14. The fourth-order valence-electron chi connectivity index (χ4n) is 3.44. The number of rotatable bonds is 4. The minimum absolute atomic E-state index is 0. The fraction of sp³-hybridized carbons (Fsp3) is 0.444. The van der Waals surface area contributed by atoms with Crippen molar-refractivity contribution < 1.29 is 4.79 Å². The highest BCUT2D eigenvalue weighted by Gasteiger charge is 2.25. The van der Waals surface area contributed by atoms with Gasteiger partial charge in [0.1, 0.15) is 5.69 Å². The van der Waals surface area contributed by atoms with Gasteiger partial charge in [-0.1, -0.05) is 43.5 Å². The standard InChI is InChI=1S/C18H23N3O.2ClH/c19-12-16(14-7-2-1-3-8-14)21-18(22)17-15-9-5-4-6-13(15)10-11-20-17;;/h4-6,9-11,14,16H,1-3,7-8,12,19H2,(H,21,22);2*1H. The molecule has 1 aromatic heterocycles. The lowest BCUT2D eigenvalue weighted by molar-refractivity contribution is 0.0912. The second-order valence-electron chi connectivity index (χ2n) is 6.09. The van der Waals surface area contributed by atoms with Crippen molar-refractivity contribution in [2.45, 2.75) is 38.1 Å². The number of pyridine rings is 1. The van der Waals surface area contributed by atoms with Gasteiger partial charge in [-0.2, -0.15) is 0 Å². The number of nitrogens with two attached hydrogens (primary N) is 1. The number of carbonyl (C=O) groups excluding carboxylic acids is 1. The third-order valence-corrected chi connectivity index (χ3v) is 4.68. The van der Waals surface area contributed by atoms with Gasteiger partial charge < -0.3 is 11.1 Å². The van der Waals surface area contributed by atoms with E-state index in [0.717, 1.165) is 23.6 Å². The molecule has 4 nitrogen and oxygen atoms in total. The van der Waals surface area contributed by atoms with Crippen molar-refractivity contribution in [3.8, 4) is 0 Å². The lowest BCUT2D eigenvalue weighted by Crippen LogP contribution is -2.46. The molecule has 1 aromatic carbocycles. The molecule has 0 spiro atoms. The van der Waals surface area contributed by atoms with Crippen LogP contribution in [0.2, 0.25) is 0 Å². The predicted octanol–water partition coefficient (Wildman–Crippen LogP) is 3.72. The highest BCUT2D eigenvalue weighted by atomic mass is 35.5. The first kappa shape index (κ1) is 20.7. The van der Waals surface area contributed by atoms with E-state index in [1.54, 1.807) is 6.20 Å². The maximum Gasteiger partial charge on any atom is 0.270 e. The molecule has 0 bridgehead atoms. The minimum Gasteiger partial charge on any atom is -0.346 e. The van der Waals surface area contributed by atoms with Crippen molar-refractivity contribution in [1.82, 2.24) is 10.3 Å². The van der Waals surface area contributed by atoms with Gasteiger partial charge in [0, 0.05) is 24.2 Å².